The molecule has 0 spiro atoms. The van der Waals surface area contributed by atoms with Gasteiger partial charge in [0, 0.05) is 6.26 Å². The van der Waals surface area contributed by atoms with E-state index in [9.17, 15) is 26.8 Å². The largest absolute Gasteiger partial charge is 0.496 e. The van der Waals surface area contributed by atoms with Crippen LogP contribution >= 0.6 is 11.8 Å². The van der Waals surface area contributed by atoms with Crippen molar-refractivity contribution in [2.45, 2.75) is 34.6 Å². The highest BCUT2D eigenvalue weighted by molar-refractivity contribution is 7.99. The van der Waals surface area contributed by atoms with Crippen LogP contribution in [0.3, 0.4) is 0 Å². The van der Waals surface area contributed by atoms with Crippen molar-refractivity contribution in [3.8, 4) is 5.75 Å². The number of amides is 3. The molecule has 0 saturated carbocycles. The number of benzene rings is 2. The van der Waals surface area contributed by atoms with E-state index in [1.54, 1.807) is 6.07 Å². The minimum absolute atomic E-state index is 0.0857. The van der Waals surface area contributed by atoms with E-state index < -0.39 is 33.1 Å². The number of carbonyl (C=O) groups is 2. The van der Waals surface area contributed by atoms with E-state index >= 15 is 0 Å². The van der Waals surface area contributed by atoms with Gasteiger partial charge in [0.25, 0.3) is 11.7 Å². The number of alkyl halides is 2. The van der Waals surface area contributed by atoms with Gasteiger partial charge in [-0.25, -0.2) is 13.2 Å². The zero-order valence-corrected chi connectivity index (χ0v) is 18.5. The standard InChI is InChI=1S/C20H20F2N2O5S2/c1-20(13-5-7-14(8-6-13)31(3,27)28)17(25)24(19(26)23-20)11-12-4-9-16(30-18(21)22)15(10-12)29-2/h4-10,18H,11H2,1-3H3,(H,23,26). The zero-order valence-electron chi connectivity index (χ0n) is 16.9. The molecule has 1 saturated heterocycles. The highest BCUT2D eigenvalue weighted by Crippen LogP contribution is 2.35. The molecule has 7 nitrogen and oxygen atoms in total. The summed E-state index contributed by atoms with van der Waals surface area (Å²) in [5.41, 5.74) is -0.416. The third kappa shape index (κ3) is 4.67. The van der Waals surface area contributed by atoms with E-state index in [-0.39, 0.29) is 22.1 Å². The Morgan fingerprint density at radius 3 is 2.35 bits per heavy atom. The first-order valence-electron chi connectivity index (χ1n) is 9.02. The third-order valence-corrected chi connectivity index (χ3v) is 6.82. The number of rotatable bonds is 7. The second-order valence-corrected chi connectivity index (χ2v) is 10.2. The number of urea groups is 1. The second kappa shape index (κ2) is 8.46. The van der Waals surface area contributed by atoms with Crippen LogP contribution in [0.4, 0.5) is 13.6 Å². The topological polar surface area (TPSA) is 92.8 Å². The van der Waals surface area contributed by atoms with E-state index in [0.29, 0.717) is 22.9 Å². The fraction of sp³-hybridized carbons (Fsp3) is 0.300. The molecule has 1 aliphatic heterocycles. The quantitative estimate of drug-likeness (QED) is 0.493. The van der Waals surface area contributed by atoms with Crippen LogP contribution in [-0.4, -0.2) is 44.4 Å². The van der Waals surface area contributed by atoms with Gasteiger partial charge in [0.1, 0.15) is 11.3 Å². The molecule has 0 aromatic heterocycles. The Hall–Kier alpha value is -2.66. The smallest absolute Gasteiger partial charge is 0.325 e. The molecule has 0 radical (unpaired) electrons. The van der Waals surface area contributed by atoms with Crippen molar-refractivity contribution in [3.05, 3.63) is 53.6 Å². The van der Waals surface area contributed by atoms with Gasteiger partial charge in [-0.1, -0.05) is 30.0 Å². The average molecular weight is 471 g/mol. The third-order valence-electron chi connectivity index (χ3n) is 4.92. The summed E-state index contributed by atoms with van der Waals surface area (Å²) in [6.45, 7) is 1.45. The Kier molecular flexibility index (Phi) is 6.28. The van der Waals surface area contributed by atoms with Crippen LogP contribution in [0.2, 0.25) is 0 Å². The minimum atomic E-state index is -3.40. The minimum Gasteiger partial charge on any atom is -0.496 e. The first kappa shape index (κ1) is 23.0. The molecule has 1 unspecified atom stereocenters. The van der Waals surface area contributed by atoms with Gasteiger partial charge in [-0.2, -0.15) is 8.78 Å². The highest BCUT2D eigenvalue weighted by atomic mass is 32.2. The Morgan fingerprint density at radius 2 is 1.81 bits per heavy atom. The summed E-state index contributed by atoms with van der Waals surface area (Å²) >= 11 is 0.341. The first-order chi connectivity index (χ1) is 14.5. The molecular weight excluding hydrogens is 450 g/mol. The molecular formula is C20H20F2N2O5S2. The maximum absolute atomic E-state index is 13.1. The molecule has 1 aliphatic rings. The van der Waals surface area contributed by atoms with E-state index in [2.05, 4.69) is 5.32 Å². The molecule has 3 amide bonds. The Labute approximate surface area is 182 Å². The number of halogens is 2. The number of nitrogens with one attached hydrogen (secondary N) is 1. The van der Waals surface area contributed by atoms with Crippen LogP contribution in [0.5, 0.6) is 5.75 Å². The number of thioether (sulfide) groups is 1. The summed E-state index contributed by atoms with van der Waals surface area (Å²) in [7, 11) is -2.05. The van der Waals surface area contributed by atoms with Crippen molar-refractivity contribution >= 4 is 33.5 Å². The molecule has 3 rings (SSSR count). The van der Waals surface area contributed by atoms with Gasteiger partial charge in [0.2, 0.25) is 0 Å². The zero-order chi connectivity index (χ0) is 23.0. The fourth-order valence-electron chi connectivity index (χ4n) is 3.26. The molecule has 1 heterocycles. The van der Waals surface area contributed by atoms with Crippen LogP contribution < -0.4 is 10.1 Å². The van der Waals surface area contributed by atoms with Crippen molar-refractivity contribution in [1.82, 2.24) is 10.2 Å². The van der Waals surface area contributed by atoms with E-state index in [1.165, 1.54) is 50.4 Å². The lowest BCUT2D eigenvalue weighted by molar-refractivity contribution is -0.131. The molecule has 31 heavy (non-hydrogen) atoms. The summed E-state index contributed by atoms with van der Waals surface area (Å²) in [4.78, 5) is 27.0. The summed E-state index contributed by atoms with van der Waals surface area (Å²) in [5.74, 6) is -2.91. The van der Waals surface area contributed by atoms with Crippen molar-refractivity contribution in [1.29, 1.82) is 0 Å². The van der Waals surface area contributed by atoms with Gasteiger partial charge >= 0.3 is 6.03 Å². The number of nitrogens with zero attached hydrogens (tertiary/aromatic N) is 1. The van der Waals surface area contributed by atoms with Crippen LogP contribution in [-0.2, 0) is 26.7 Å². The van der Waals surface area contributed by atoms with Gasteiger partial charge in [0.15, 0.2) is 9.84 Å². The maximum atomic E-state index is 13.1. The van der Waals surface area contributed by atoms with Crippen molar-refractivity contribution < 1.29 is 31.5 Å². The maximum Gasteiger partial charge on any atom is 0.325 e. The summed E-state index contributed by atoms with van der Waals surface area (Å²) in [5, 5.41) is 2.64. The Bertz CT molecular complexity index is 1120. The van der Waals surface area contributed by atoms with Gasteiger partial charge in [0.05, 0.1) is 23.4 Å². The summed E-state index contributed by atoms with van der Waals surface area (Å²) in [6, 6.07) is 9.60. The molecule has 1 fully saturated rings. The van der Waals surface area contributed by atoms with Crippen molar-refractivity contribution in [3.63, 3.8) is 0 Å². The monoisotopic (exact) mass is 470 g/mol. The Balaban J connectivity index is 1.85. The molecule has 1 atom stereocenters. The second-order valence-electron chi connectivity index (χ2n) is 7.11. The number of methoxy groups -OCH3 is 1. The van der Waals surface area contributed by atoms with E-state index in [1.807, 2.05) is 0 Å². The fourth-order valence-corrected chi connectivity index (χ4v) is 4.49. The Morgan fingerprint density at radius 1 is 1.16 bits per heavy atom. The summed E-state index contributed by atoms with van der Waals surface area (Å²) < 4.78 is 53.8. The number of carbonyl (C=O) groups excluding carboxylic acids is 2. The van der Waals surface area contributed by atoms with E-state index in [0.717, 1.165) is 11.2 Å². The molecule has 166 valence electrons. The summed E-state index contributed by atoms with van der Waals surface area (Å²) in [6.07, 6.45) is 1.08. The van der Waals surface area contributed by atoms with Crippen LogP contribution in [0.15, 0.2) is 52.3 Å². The van der Waals surface area contributed by atoms with Crippen molar-refractivity contribution in [2.24, 2.45) is 0 Å². The molecule has 0 bridgehead atoms. The van der Waals surface area contributed by atoms with Crippen molar-refractivity contribution in [2.75, 3.05) is 13.4 Å². The first-order valence-corrected chi connectivity index (χ1v) is 11.8. The number of imide groups is 1. The van der Waals surface area contributed by atoms with E-state index in [4.69, 9.17) is 4.74 Å². The number of sulfone groups is 1. The number of ether oxygens (including phenoxy) is 1. The lowest BCUT2D eigenvalue weighted by atomic mass is 9.92. The molecule has 0 aliphatic carbocycles. The lowest BCUT2D eigenvalue weighted by Gasteiger charge is -2.22. The average Bonchev–Trinajstić information content (AvgIpc) is 2.92. The van der Waals surface area contributed by atoms with Crippen LogP contribution in [0.25, 0.3) is 0 Å². The van der Waals surface area contributed by atoms with Gasteiger partial charge in [-0.05, 0) is 42.3 Å². The highest BCUT2D eigenvalue weighted by Gasteiger charge is 2.48. The predicted octanol–water partition coefficient (Wildman–Crippen LogP) is 3.38. The molecule has 2 aromatic carbocycles. The van der Waals surface area contributed by atoms with Gasteiger partial charge < -0.3 is 10.1 Å². The predicted molar refractivity (Wildman–Crippen MR) is 111 cm³/mol. The normalized spacial score (nSPS) is 19.1. The molecule has 2 aromatic rings. The number of hydrogen-bond acceptors (Lipinski definition) is 6. The number of hydrogen-bond donors (Lipinski definition) is 1. The van der Waals surface area contributed by atoms with Gasteiger partial charge in [-0.15, -0.1) is 0 Å². The lowest BCUT2D eigenvalue weighted by Crippen LogP contribution is -2.40. The van der Waals surface area contributed by atoms with Crippen LogP contribution in [0.1, 0.15) is 18.1 Å². The SMILES string of the molecule is COc1cc(CN2C(=O)NC(C)(c3ccc(S(C)(=O)=O)cc3)C2=O)ccc1SC(F)F. The molecule has 11 heteroatoms. The van der Waals surface area contributed by atoms with Crippen LogP contribution in [0, 0.1) is 0 Å². The van der Waals surface area contributed by atoms with Gasteiger partial charge in [-0.3, -0.25) is 9.69 Å². The molecule has 1 N–H and O–H groups in total.